The summed E-state index contributed by atoms with van der Waals surface area (Å²) in [5.74, 6) is -0.249. The van der Waals surface area contributed by atoms with Crippen LogP contribution < -0.4 is 5.32 Å². The third-order valence-electron chi connectivity index (χ3n) is 3.35. The fourth-order valence-electron chi connectivity index (χ4n) is 2.36. The van der Waals surface area contributed by atoms with Gasteiger partial charge in [0.1, 0.15) is 6.04 Å². The van der Waals surface area contributed by atoms with E-state index >= 15 is 0 Å². The SMILES string of the molecule is CS(=O)(=O)N1CCCCC1C(=O)NCc1ccccn1. The van der Waals surface area contributed by atoms with Crippen molar-refractivity contribution in [1.29, 1.82) is 0 Å². The van der Waals surface area contributed by atoms with E-state index in [0.717, 1.165) is 24.8 Å². The molecule has 1 unspecified atom stereocenters. The van der Waals surface area contributed by atoms with E-state index in [9.17, 15) is 13.2 Å². The average molecular weight is 297 g/mol. The number of pyridine rings is 1. The lowest BCUT2D eigenvalue weighted by Gasteiger charge is -2.32. The molecule has 1 aromatic rings. The molecule has 0 saturated carbocycles. The van der Waals surface area contributed by atoms with Crippen LogP contribution in [0.5, 0.6) is 0 Å². The van der Waals surface area contributed by atoms with Gasteiger partial charge < -0.3 is 5.32 Å². The van der Waals surface area contributed by atoms with Gasteiger partial charge in [0.2, 0.25) is 15.9 Å². The first-order valence-corrected chi connectivity index (χ1v) is 8.48. The Morgan fingerprint density at radius 2 is 2.25 bits per heavy atom. The minimum atomic E-state index is -3.35. The molecular formula is C13H19N3O3S. The quantitative estimate of drug-likeness (QED) is 0.878. The van der Waals surface area contributed by atoms with Crippen molar-refractivity contribution >= 4 is 15.9 Å². The molecule has 1 atom stereocenters. The Labute approximate surface area is 119 Å². The van der Waals surface area contributed by atoms with Crippen molar-refractivity contribution in [3.63, 3.8) is 0 Å². The highest BCUT2D eigenvalue weighted by Gasteiger charge is 2.34. The molecule has 1 fully saturated rings. The average Bonchev–Trinajstić information content (AvgIpc) is 2.45. The van der Waals surface area contributed by atoms with E-state index in [2.05, 4.69) is 10.3 Å². The zero-order chi connectivity index (χ0) is 14.6. The van der Waals surface area contributed by atoms with Crippen LogP contribution in [-0.4, -0.2) is 42.5 Å². The molecule has 110 valence electrons. The Morgan fingerprint density at radius 3 is 2.90 bits per heavy atom. The predicted molar refractivity (Wildman–Crippen MR) is 75.3 cm³/mol. The van der Waals surface area contributed by atoms with Crippen molar-refractivity contribution in [2.45, 2.75) is 31.8 Å². The van der Waals surface area contributed by atoms with Crippen LogP contribution in [0.25, 0.3) is 0 Å². The number of hydrogen-bond acceptors (Lipinski definition) is 4. The number of amides is 1. The summed E-state index contributed by atoms with van der Waals surface area (Å²) in [6.45, 7) is 0.730. The Balaban J connectivity index is 2.00. The first-order valence-electron chi connectivity index (χ1n) is 6.63. The van der Waals surface area contributed by atoms with Gasteiger partial charge >= 0.3 is 0 Å². The van der Waals surface area contributed by atoms with Crippen LogP contribution in [-0.2, 0) is 21.4 Å². The number of rotatable bonds is 4. The van der Waals surface area contributed by atoms with Crippen molar-refractivity contribution < 1.29 is 13.2 Å². The summed E-state index contributed by atoms with van der Waals surface area (Å²) < 4.78 is 24.7. The summed E-state index contributed by atoms with van der Waals surface area (Å²) in [6.07, 6.45) is 5.05. The molecule has 2 rings (SSSR count). The molecular weight excluding hydrogens is 278 g/mol. The molecule has 2 heterocycles. The number of aromatic nitrogens is 1. The molecule has 20 heavy (non-hydrogen) atoms. The van der Waals surface area contributed by atoms with E-state index in [4.69, 9.17) is 0 Å². The van der Waals surface area contributed by atoms with Gasteiger partial charge in [-0.25, -0.2) is 8.42 Å². The highest BCUT2D eigenvalue weighted by atomic mass is 32.2. The Kier molecular flexibility index (Phi) is 4.72. The number of sulfonamides is 1. The summed E-state index contributed by atoms with van der Waals surface area (Å²) in [4.78, 5) is 16.3. The monoisotopic (exact) mass is 297 g/mol. The molecule has 0 bridgehead atoms. The standard InChI is InChI=1S/C13H19N3O3S/c1-20(18,19)16-9-5-3-7-12(16)13(17)15-10-11-6-2-4-8-14-11/h2,4,6,8,12H,3,5,7,9-10H2,1H3,(H,15,17). The van der Waals surface area contributed by atoms with Gasteiger partial charge in [-0.2, -0.15) is 4.31 Å². The number of carbonyl (C=O) groups is 1. The van der Waals surface area contributed by atoms with Crippen molar-refractivity contribution in [2.75, 3.05) is 12.8 Å². The predicted octanol–water partition coefficient (Wildman–Crippen LogP) is 0.512. The second-order valence-corrected chi connectivity index (χ2v) is 6.86. The van der Waals surface area contributed by atoms with E-state index in [1.165, 1.54) is 4.31 Å². The Hall–Kier alpha value is -1.47. The number of carbonyl (C=O) groups excluding carboxylic acids is 1. The fourth-order valence-corrected chi connectivity index (χ4v) is 3.49. The topological polar surface area (TPSA) is 79.4 Å². The van der Waals surface area contributed by atoms with Crippen molar-refractivity contribution in [2.24, 2.45) is 0 Å². The van der Waals surface area contributed by atoms with Crippen molar-refractivity contribution in [3.8, 4) is 0 Å². The van der Waals surface area contributed by atoms with Gasteiger partial charge in [-0.05, 0) is 25.0 Å². The van der Waals surface area contributed by atoms with Crippen LogP contribution >= 0.6 is 0 Å². The zero-order valence-electron chi connectivity index (χ0n) is 11.4. The lowest BCUT2D eigenvalue weighted by Crippen LogP contribution is -2.51. The first kappa shape index (κ1) is 14.9. The molecule has 1 saturated heterocycles. The molecule has 6 nitrogen and oxygen atoms in total. The van der Waals surface area contributed by atoms with Gasteiger partial charge in [0, 0.05) is 12.7 Å². The van der Waals surface area contributed by atoms with Crippen LogP contribution in [0.4, 0.5) is 0 Å². The van der Waals surface area contributed by atoms with E-state index in [-0.39, 0.29) is 5.91 Å². The Morgan fingerprint density at radius 1 is 1.45 bits per heavy atom. The number of hydrogen-bond donors (Lipinski definition) is 1. The molecule has 0 aromatic carbocycles. The van der Waals surface area contributed by atoms with Gasteiger partial charge in [0.05, 0.1) is 18.5 Å². The maximum Gasteiger partial charge on any atom is 0.238 e. The summed E-state index contributed by atoms with van der Waals surface area (Å²) >= 11 is 0. The number of nitrogens with zero attached hydrogens (tertiary/aromatic N) is 2. The number of piperidine rings is 1. The first-order chi connectivity index (χ1) is 9.48. The minimum absolute atomic E-state index is 0.249. The molecule has 0 spiro atoms. The fraction of sp³-hybridized carbons (Fsp3) is 0.538. The molecule has 0 radical (unpaired) electrons. The molecule has 1 aromatic heterocycles. The van der Waals surface area contributed by atoms with E-state index < -0.39 is 16.1 Å². The molecule has 7 heteroatoms. The summed E-state index contributed by atoms with van der Waals surface area (Å²) in [5.41, 5.74) is 0.752. The van der Waals surface area contributed by atoms with Crippen LogP contribution in [0.1, 0.15) is 25.0 Å². The van der Waals surface area contributed by atoms with Crippen molar-refractivity contribution in [3.05, 3.63) is 30.1 Å². The second-order valence-electron chi connectivity index (χ2n) is 4.92. The van der Waals surface area contributed by atoms with Crippen LogP contribution in [0.2, 0.25) is 0 Å². The summed E-state index contributed by atoms with van der Waals surface area (Å²) in [7, 11) is -3.35. The van der Waals surface area contributed by atoms with Crippen LogP contribution in [0.3, 0.4) is 0 Å². The molecule has 1 aliphatic heterocycles. The third kappa shape index (κ3) is 3.77. The highest BCUT2D eigenvalue weighted by Crippen LogP contribution is 2.20. The van der Waals surface area contributed by atoms with Crippen LogP contribution in [0.15, 0.2) is 24.4 Å². The Bertz CT molecular complexity index is 559. The summed E-state index contributed by atoms with van der Waals surface area (Å²) in [5, 5.41) is 2.76. The molecule has 1 aliphatic rings. The van der Waals surface area contributed by atoms with E-state index in [1.807, 2.05) is 12.1 Å². The van der Waals surface area contributed by atoms with Gasteiger partial charge in [-0.1, -0.05) is 12.5 Å². The number of nitrogens with one attached hydrogen (secondary N) is 1. The maximum atomic E-state index is 12.2. The van der Waals surface area contributed by atoms with E-state index in [0.29, 0.717) is 19.5 Å². The highest BCUT2D eigenvalue weighted by molar-refractivity contribution is 7.88. The zero-order valence-corrected chi connectivity index (χ0v) is 12.3. The largest absolute Gasteiger partial charge is 0.349 e. The van der Waals surface area contributed by atoms with Gasteiger partial charge in [0.25, 0.3) is 0 Å². The lowest BCUT2D eigenvalue weighted by atomic mass is 10.0. The van der Waals surface area contributed by atoms with Crippen LogP contribution in [0, 0.1) is 0 Å². The maximum absolute atomic E-state index is 12.2. The van der Waals surface area contributed by atoms with Gasteiger partial charge in [-0.3, -0.25) is 9.78 Å². The lowest BCUT2D eigenvalue weighted by molar-refractivity contribution is -0.125. The second kappa shape index (κ2) is 6.32. The smallest absolute Gasteiger partial charge is 0.238 e. The van der Waals surface area contributed by atoms with E-state index in [1.54, 1.807) is 12.3 Å². The minimum Gasteiger partial charge on any atom is -0.349 e. The molecule has 1 amide bonds. The third-order valence-corrected chi connectivity index (χ3v) is 4.64. The van der Waals surface area contributed by atoms with Crippen molar-refractivity contribution in [1.82, 2.24) is 14.6 Å². The van der Waals surface area contributed by atoms with Gasteiger partial charge in [-0.15, -0.1) is 0 Å². The molecule has 1 N–H and O–H groups in total. The van der Waals surface area contributed by atoms with Gasteiger partial charge in [0.15, 0.2) is 0 Å². The normalized spacial score (nSPS) is 20.6. The molecule has 0 aliphatic carbocycles. The summed E-state index contributed by atoms with van der Waals surface area (Å²) in [6, 6.07) is 4.87.